The first-order valence-corrected chi connectivity index (χ1v) is 7.78. The zero-order valence-corrected chi connectivity index (χ0v) is 13.2. The maximum absolute atomic E-state index is 12.3. The maximum Gasteiger partial charge on any atom is 0.170 e. The highest BCUT2D eigenvalue weighted by atomic mass is 35.5. The molecule has 1 fully saturated rings. The average molecular weight is 309 g/mol. The number of carbonyl (C=O) groups is 2. The van der Waals surface area contributed by atoms with Crippen LogP contribution in [0.1, 0.15) is 43.5 Å². The van der Waals surface area contributed by atoms with Crippen LogP contribution in [0.2, 0.25) is 5.02 Å². The van der Waals surface area contributed by atoms with Gasteiger partial charge in [0, 0.05) is 23.1 Å². The summed E-state index contributed by atoms with van der Waals surface area (Å²) in [7, 11) is 0. The molecule has 3 nitrogen and oxygen atoms in total. The number of ether oxygens (including phenoxy) is 1. The molecule has 1 aromatic carbocycles. The van der Waals surface area contributed by atoms with Gasteiger partial charge >= 0.3 is 0 Å². The minimum Gasteiger partial charge on any atom is -0.378 e. The van der Waals surface area contributed by atoms with Gasteiger partial charge in [-0.3, -0.25) is 9.59 Å². The molecule has 0 saturated carbocycles. The van der Waals surface area contributed by atoms with Crippen LogP contribution in [0.25, 0.3) is 0 Å². The monoisotopic (exact) mass is 308 g/mol. The van der Waals surface area contributed by atoms with Gasteiger partial charge in [0.05, 0.1) is 12.5 Å². The number of hydrogen-bond acceptors (Lipinski definition) is 3. The van der Waals surface area contributed by atoms with Crippen LogP contribution in [0.4, 0.5) is 0 Å². The third-order valence-electron chi connectivity index (χ3n) is 4.01. The van der Waals surface area contributed by atoms with Crippen LogP contribution in [-0.4, -0.2) is 24.3 Å². The standard InChI is InChI=1S/C17H21ClO3/c1-11(2)17-9-13(7-8-21-17)16(20)10-15(19)12-3-5-14(18)6-4-12/h3-6,11,13,17H,7-10H2,1-2H3/t13-,17+/m0/s1. The molecule has 1 saturated heterocycles. The molecule has 0 radical (unpaired) electrons. The van der Waals surface area contributed by atoms with Gasteiger partial charge in [-0.15, -0.1) is 0 Å². The lowest BCUT2D eigenvalue weighted by atomic mass is 9.85. The van der Waals surface area contributed by atoms with Crippen LogP contribution >= 0.6 is 11.6 Å². The summed E-state index contributed by atoms with van der Waals surface area (Å²) in [6, 6.07) is 6.67. The molecule has 21 heavy (non-hydrogen) atoms. The first-order valence-electron chi connectivity index (χ1n) is 7.40. The van der Waals surface area contributed by atoms with Crippen molar-refractivity contribution in [3.8, 4) is 0 Å². The minimum absolute atomic E-state index is 0.0306. The molecule has 0 aliphatic carbocycles. The number of carbonyl (C=O) groups excluding carboxylic acids is 2. The van der Waals surface area contributed by atoms with Gasteiger partial charge in [0.15, 0.2) is 5.78 Å². The Morgan fingerprint density at radius 3 is 2.57 bits per heavy atom. The van der Waals surface area contributed by atoms with Crippen LogP contribution in [0.3, 0.4) is 0 Å². The average Bonchev–Trinajstić information content (AvgIpc) is 2.48. The summed E-state index contributed by atoms with van der Waals surface area (Å²) in [5.74, 6) is 0.239. The quantitative estimate of drug-likeness (QED) is 0.611. The molecule has 0 N–H and O–H groups in total. The van der Waals surface area contributed by atoms with E-state index in [9.17, 15) is 9.59 Å². The summed E-state index contributed by atoms with van der Waals surface area (Å²) >= 11 is 5.80. The Labute approximate surface area is 130 Å². The fourth-order valence-corrected chi connectivity index (χ4v) is 2.75. The SMILES string of the molecule is CC(C)[C@H]1C[C@@H](C(=O)CC(=O)c2ccc(Cl)cc2)CCO1. The molecule has 114 valence electrons. The molecule has 1 aliphatic rings. The van der Waals surface area contributed by atoms with Crippen molar-refractivity contribution in [3.63, 3.8) is 0 Å². The summed E-state index contributed by atoms with van der Waals surface area (Å²) in [5.41, 5.74) is 0.542. The van der Waals surface area contributed by atoms with Crippen molar-refractivity contribution in [2.24, 2.45) is 11.8 Å². The number of benzene rings is 1. The summed E-state index contributed by atoms with van der Waals surface area (Å²) in [4.78, 5) is 24.4. The van der Waals surface area contributed by atoms with E-state index in [0.29, 0.717) is 23.1 Å². The summed E-state index contributed by atoms with van der Waals surface area (Å²) < 4.78 is 5.67. The van der Waals surface area contributed by atoms with Gasteiger partial charge in [-0.1, -0.05) is 25.4 Å². The number of hydrogen-bond donors (Lipinski definition) is 0. The normalized spacial score (nSPS) is 22.3. The molecule has 0 spiro atoms. The molecular formula is C17H21ClO3. The number of Topliss-reactive ketones (excluding diaryl/α,β-unsaturated/α-hetero) is 2. The third kappa shape index (κ3) is 4.39. The molecule has 1 aromatic rings. The van der Waals surface area contributed by atoms with Gasteiger partial charge in [-0.25, -0.2) is 0 Å². The lowest BCUT2D eigenvalue weighted by Crippen LogP contribution is -2.34. The van der Waals surface area contributed by atoms with E-state index in [1.807, 2.05) is 0 Å². The fourth-order valence-electron chi connectivity index (χ4n) is 2.63. The zero-order valence-electron chi connectivity index (χ0n) is 12.5. The van der Waals surface area contributed by atoms with Gasteiger partial charge in [-0.05, 0) is 43.0 Å². The molecular weight excluding hydrogens is 288 g/mol. The molecule has 0 unspecified atom stereocenters. The largest absolute Gasteiger partial charge is 0.378 e. The van der Waals surface area contributed by atoms with E-state index in [4.69, 9.17) is 16.3 Å². The fraction of sp³-hybridized carbons (Fsp3) is 0.529. The van der Waals surface area contributed by atoms with E-state index in [-0.39, 0.29) is 30.0 Å². The zero-order chi connectivity index (χ0) is 15.4. The first-order chi connectivity index (χ1) is 9.97. The van der Waals surface area contributed by atoms with Gasteiger partial charge < -0.3 is 4.74 Å². The van der Waals surface area contributed by atoms with E-state index in [0.717, 1.165) is 12.8 Å². The second-order valence-electron chi connectivity index (χ2n) is 5.95. The smallest absolute Gasteiger partial charge is 0.170 e. The maximum atomic E-state index is 12.3. The lowest BCUT2D eigenvalue weighted by molar-refractivity contribution is -0.128. The van der Waals surface area contributed by atoms with E-state index >= 15 is 0 Å². The van der Waals surface area contributed by atoms with Gasteiger partial charge in [0.2, 0.25) is 0 Å². The topological polar surface area (TPSA) is 43.4 Å². The van der Waals surface area contributed by atoms with Crippen LogP contribution in [-0.2, 0) is 9.53 Å². The highest BCUT2D eigenvalue weighted by Crippen LogP contribution is 2.26. The summed E-state index contributed by atoms with van der Waals surface area (Å²) in [6.45, 7) is 4.79. The summed E-state index contributed by atoms with van der Waals surface area (Å²) in [5, 5.41) is 0.585. The molecule has 1 heterocycles. The Morgan fingerprint density at radius 2 is 1.95 bits per heavy atom. The van der Waals surface area contributed by atoms with Crippen molar-refractivity contribution in [1.82, 2.24) is 0 Å². The van der Waals surface area contributed by atoms with Crippen molar-refractivity contribution in [2.45, 2.75) is 39.2 Å². The van der Waals surface area contributed by atoms with Gasteiger partial charge in [-0.2, -0.15) is 0 Å². The predicted octanol–water partition coefficient (Wildman–Crippen LogP) is 3.93. The molecule has 2 atom stereocenters. The number of halogens is 1. The number of rotatable bonds is 5. The van der Waals surface area contributed by atoms with Crippen molar-refractivity contribution in [3.05, 3.63) is 34.9 Å². The number of ketones is 2. The van der Waals surface area contributed by atoms with Crippen LogP contribution < -0.4 is 0 Å². The molecule has 0 bridgehead atoms. The Morgan fingerprint density at radius 1 is 1.29 bits per heavy atom. The van der Waals surface area contributed by atoms with Crippen molar-refractivity contribution in [2.75, 3.05) is 6.61 Å². The van der Waals surface area contributed by atoms with E-state index in [1.54, 1.807) is 24.3 Å². The van der Waals surface area contributed by atoms with Gasteiger partial charge in [0.25, 0.3) is 0 Å². The Balaban J connectivity index is 1.94. The van der Waals surface area contributed by atoms with Crippen molar-refractivity contribution < 1.29 is 14.3 Å². The molecule has 0 amide bonds. The minimum atomic E-state index is -0.135. The molecule has 4 heteroatoms. The molecule has 0 aromatic heterocycles. The predicted molar refractivity (Wildman–Crippen MR) is 82.7 cm³/mol. The van der Waals surface area contributed by atoms with Crippen LogP contribution in [0.15, 0.2) is 24.3 Å². The first kappa shape index (κ1) is 16.2. The Bertz CT molecular complexity index is 507. The third-order valence-corrected chi connectivity index (χ3v) is 4.27. The van der Waals surface area contributed by atoms with Crippen LogP contribution in [0, 0.1) is 11.8 Å². The molecule has 2 rings (SSSR count). The van der Waals surface area contributed by atoms with Gasteiger partial charge in [0.1, 0.15) is 5.78 Å². The van der Waals surface area contributed by atoms with E-state index in [2.05, 4.69) is 13.8 Å². The second kappa shape index (κ2) is 7.19. The van der Waals surface area contributed by atoms with Crippen LogP contribution in [0.5, 0.6) is 0 Å². The second-order valence-corrected chi connectivity index (χ2v) is 6.38. The van der Waals surface area contributed by atoms with Crippen molar-refractivity contribution >= 4 is 23.2 Å². The highest BCUT2D eigenvalue weighted by molar-refractivity contribution is 6.30. The Hall–Kier alpha value is -1.19. The lowest BCUT2D eigenvalue weighted by Gasteiger charge is -2.31. The van der Waals surface area contributed by atoms with E-state index < -0.39 is 0 Å². The summed E-state index contributed by atoms with van der Waals surface area (Å²) in [6.07, 6.45) is 1.54. The van der Waals surface area contributed by atoms with Crippen molar-refractivity contribution in [1.29, 1.82) is 0 Å². The highest BCUT2D eigenvalue weighted by Gasteiger charge is 2.30. The molecule has 1 aliphatic heterocycles. The Kier molecular flexibility index (Phi) is 5.54. The van der Waals surface area contributed by atoms with E-state index in [1.165, 1.54) is 0 Å².